The summed E-state index contributed by atoms with van der Waals surface area (Å²) in [5.41, 5.74) is 0.502. The molecule has 0 radical (unpaired) electrons. The van der Waals surface area contributed by atoms with Gasteiger partial charge in [-0.2, -0.15) is 0 Å². The van der Waals surface area contributed by atoms with Crippen molar-refractivity contribution in [3.05, 3.63) is 29.3 Å². The number of nitrogens with one attached hydrogen (secondary N) is 1. The van der Waals surface area contributed by atoms with E-state index in [0.29, 0.717) is 24.9 Å². The van der Waals surface area contributed by atoms with Gasteiger partial charge in [-0.15, -0.1) is 11.8 Å². The van der Waals surface area contributed by atoms with Crippen molar-refractivity contribution in [2.75, 3.05) is 43.1 Å². The Morgan fingerprint density at radius 1 is 1.12 bits per heavy atom. The van der Waals surface area contributed by atoms with Gasteiger partial charge < -0.3 is 15.0 Å². The predicted octanol–water partition coefficient (Wildman–Crippen LogP) is 4.13. The molecule has 0 unspecified atom stereocenters. The first-order valence-electron chi connectivity index (χ1n) is 11.8. The maximum absolute atomic E-state index is 13.3. The zero-order valence-electron chi connectivity index (χ0n) is 19.8. The Labute approximate surface area is 206 Å². The number of nitrogens with zero attached hydrogens (tertiary/aromatic N) is 3. The monoisotopic (exact) mass is 494 g/mol. The largest absolute Gasteiger partial charge is 0.444 e. The Balaban J connectivity index is 1.37. The summed E-state index contributed by atoms with van der Waals surface area (Å²) in [5.74, 6) is 1.74. The lowest BCUT2D eigenvalue weighted by atomic mass is 10.0. The molecule has 1 N–H and O–H groups in total. The number of rotatable bonds is 4. The first kappa shape index (κ1) is 24.5. The standard InChI is InChI=1S/C24H35ClN4O3S/c1-24(2,3)32-23(31)29-15-20(14-21(29)22(30)28-12-13-33-16-28)27-10-8-19(9-11-27)26-18-6-4-17(25)5-7-18/h4-7,19-21,26H,8-16H2,1-3H3/t20-,21-/m0/s1. The molecule has 0 aromatic heterocycles. The molecule has 7 nitrogen and oxygen atoms in total. The van der Waals surface area contributed by atoms with Gasteiger partial charge in [0.05, 0.1) is 5.88 Å². The highest BCUT2D eigenvalue weighted by molar-refractivity contribution is 7.99. The molecule has 4 rings (SSSR count). The molecular weight excluding hydrogens is 460 g/mol. The Hall–Kier alpha value is -1.64. The minimum absolute atomic E-state index is 0.0626. The van der Waals surface area contributed by atoms with Gasteiger partial charge in [-0.05, 0) is 64.3 Å². The smallest absolute Gasteiger partial charge is 0.411 e. The van der Waals surface area contributed by atoms with Gasteiger partial charge in [0.15, 0.2) is 0 Å². The van der Waals surface area contributed by atoms with Crippen molar-refractivity contribution in [2.24, 2.45) is 0 Å². The molecule has 1 aromatic carbocycles. The number of anilines is 1. The second-order valence-electron chi connectivity index (χ2n) is 10.1. The van der Waals surface area contributed by atoms with Gasteiger partial charge in [-0.3, -0.25) is 14.6 Å². The van der Waals surface area contributed by atoms with Crippen molar-refractivity contribution >= 4 is 41.1 Å². The van der Waals surface area contributed by atoms with Crippen LogP contribution in [0.25, 0.3) is 0 Å². The lowest BCUT2D eigenvalue weighted by Crippen LogP contribution is -2.48. The van der Waals surface area contributed by atoms with Crippen molar-refractivity contribution in [1.29, 1.82) is 0 Å². The summed E-state index contributed by atoms with van der Waals surface area (Å²) in [6.07, 6.45) is 2.34. The van der Waals surface area contributed by atoms with Crippen molar-refractivity contribution < 1.29 is 14.3 Å². The van der Waals surface area contributed by atoms with E-state index >= 15 is 0 Å². The van der Waals surface area contributed by atoms with Crippen LogP contribution in [-0.2, 0) is 9.53 Å². The maximum atomic E-state index is 13.3. The molecule has 3 saturated heterocycles. The van der Waals surface area contributed by atoms with Crippen LogP contribution in [-0.4, -0.2) is 88.2 Å². The van der Waals surface area contributed by atoms with Gasteiger partial charge in [0, 0.05) is 54.7 Å². The predicted molar refractivity (Wildman–Crippen MR) is 134 cm³/mol. The molecule has 3 fully saturated rings. The lowest BCUT2D eigenvalue weighted by Gasteiger charge is -2.36. The zero-order valence-corrected chi connectivity index (χ0v) is 21.3. The summed E-state index contributed by atoms with van der Waals surface area (Å²) in [7, 11) is 0. The lowest BCUT2D eigenvalue weighted by molar-refractivity contribution is -0.134. The molecule has 1 aromatic rings. The van der Waals surface area contributed by atoms with Crippen molar-refractivity contribution in [3.63, 3.8) is 0 Å². The molecule has 2 atom stereocenters. The van der Waals surface area contributed by atoms with Crippen LogP contribution < -0.4 is 5.32 Å². The number of halogens is 1. The van der Waals surface area contributed by atoms with Gasteiger partial charge >= 0.3 is 6.09 Å². The summed E-state index contributed by atoms with van der Waals surface area (Å²) in [4.78, 5) is 32.3. The molecule has 3 aliphatic heterocycles. The second kappa shape index (κ2) is 10.3. The van der Waals surface area contributed by atoms with Crippen molar-refractivity contribution in [1.82, 2.24) is 14.7 Å². The molecule has 3 heterocycles. The number of thioether (sulfide) groups is 1. The van der Waals surface area contributed by atoms with Gasteiger partial charge in [0.25, 0.3) is 0 Å². The molecule has 33 heavy (non-hydrogen) atoms. The fourth-order valence-electron chi connectivity index (χ4n) is 4.82. The Morgan fingerprint density at radius 2 is 1.82 bits per heavy atom. The minimum Gasteiger partial charge on any atom is -0.444 e. The first-order chi connectivity index (χ1) is 15.7. The average Bonchev–Trinajstić information content (AvgIpc) is 3.45. The number of piperidine rings is 1. The normalized spacial score (nSPS) is 24.8. The number of hydrogen-bond donors (Lipinski definition) is 1. The highest BCUT2D eigenvalue weighted by atomic mass is 35.5. The summed E-state index contributed by atoms with van der Waals surface area (Å²) >= 11 is 7.76. The summed E-state index contributed by atoms with van der Waals surface area (Å²) in [6.45, 7) is 8.79. The van der Waals surface area contributed by atoms with Crippen molar-refractivity contribution in [3.8, 4) is 0 Å². The fraction of sp³-hybridized carbons (Fsp3) is 0.667. The molecule has 182 valence electrons. The molecule has 0 spiro atoms. The number of hydrogen-bond acceptors (Lipinski definition) is 6. The van der Waals surface area contributed by atoms with E-state index in [0.717, 1.165) is 48.9 Å². The van der Waals surface area contributed by atoms with Crippen LogP contribution in [0.4, 0.5) is 10.5 Å². The summed E-state index contributed by atoms with van der Waals surface area (Å²) in [6, 6.07) is 7.98. The Morgan fingerprint density at radius 3 is 2.42 bits per heavy atom. The average molecular weight is 495 g/mol. The number of carbonyl (C=O) groups is 2. The van der Waals surface area contributed by atoms with Crippen LogP contribution in [0.15, 0.2) is 24.3 Å². The van der Waals surface area contributed by atoms with Crippen LogP contribution in [0.2, 0.25) is 5.02 Å². The van der Waals surface area contributed by atoms with Crippen LogP contribution in [0.3, 0.4) is 0 Å². The number of benzene rings is 1. The van der Waals surface area contributed by atoms with Crippen molar-refractivity contribution in [2.45, 2.75) is 63.8 Å². The number of ether oxygens (including phenoxy) is 1. The van der Waals surface area contributed by atoms with E-state index in [-0.39, 0.29) is 18.0 Å². The van der Waals surface area contributed by atoms with E-state index in [1.54, 1.807) is 16.7 Å². The van der Waals surface area contributed by atoms with E-state index in [4.69, 9.17) is 16.3 Å². The molecule has 0 saturated carbocycles. The second-order valence-corrected chi connectivity index (χ2v) is 11.6. The molecular formula is C24H35ClN4O3S. The third-order valence-corrected chi connectivity index (χ3v) is 7.73. The number of likely N-dealkylation sites (tertiary alicyclic amines) is 2. The number of carbonyl (C=O) groups excluding carboxylic acids is 2. The maximum Gasteiger partial charge on any atom is 0.411 e. The molecule has 0 bridgehead atoms. The molecule has 9 heteroatoms. The van der Waals surface area contributed by atoms with E-state index in [1.807, 2.05) is 49.9 Å². The summed E-state index contributed by atoms with van der Waals surface area (Å²) in [5, 5.41) is 4.34. The summed E-state index contributed by atoms with van der Waals surface area (Å²) < 4.78 is 5.67. The van der Waals surface area contributed by atoms with Gasteiger partial charge in [-0.1, -0.05) is 11.6 Å². The van der Waals surface area contributed by atoms with E-state index in [9.17, 15) is 9.59 Å². The van der Waals surface area contributed by atoms with Crippen LogP contribution in [0.1, 0.15) is 40.0 Å². The third-order valence-electron chi connectivity index (χ3n) is 6.52. The minimum atomic E-state index is -0.585. The highest BCUT2D eigenvalue weighted by Crippen LogP contribution is 2.30. The van der Waals surface area contributed by atoms with Crippen LogP contribution >= 0.6 is 23.4 Å². The van der Waals surface area contributed by atoms with Gasteiger partial charge in [0.2, 0.25) is 5.91 Å². The van der Waals surface area contributed by atoms with E-state index < -0.39 is 11.6 Å². The zero-order chi connectivity index (χ0) is 23.6. The SMILES string of the molecule is CC(C)(C)OC(=O)N1C[C@@H](N2CCC(Nc3ccc(Cl)cc3)CC2)C[C@H]1C(=O)N1CCSC1. The number of amides is 2. The molecule has 3 aliphatic rings. The Kier molecular flexibility index (Phi) is 7.66. The first-order valence-corrected chi connectivity index (χ1v) is 13.4. The Bertz CT molecular complexity index is 833. The third kappa shape index (κ3) is 6.28. The quantitative estimate of drug-likeness (QED) is 0.679. The van der Waals surface area contributed by atoms with Gasteiger partial charge in [-0.25, -0.2) is 4.79 Å². The van der Waals surface area contributed by atoms with Crippen LogP contribution in [0.5, 0.6) is 0 Å². The van der Waals surface area contributed by atoms with Crippen LogP contribution in [0, 0.1) is 0 Å². The molecule has 2 amide bonds. The van der Waals surface area contributed by atoms with E-state index in [1.165, 1.54) is 0 Å². The highest BCUT2D eigenvalue weighted by Gasteiger charge is 2.45. The van der Waals surface area contributed by atoms with Gasteiger partial charge in [0.1, 0.15) is 11.6 Å². The fourth-order valence-corrected chi connectivity index (χ4v) is 5.91. The topological polar surface area (TPSA) is 65.1 Å². The van der Waals surface area contributed by atoms with E-state index in [2.05, 4.69) is 10.2 Å². The molecule has 0 aliphatic carbocycles.